The van der Waals surface area contributed by atoms with Gasteiger partial charge in [-0.2, -0.15) is 0 Å². The van der Waals surface area contributed by atoms with Crippen molar-refractivity contribution in [1.29, 1.82) is 0 Å². The van der Waals surface area contributed by atoms with Crippen LogP contribution in [-0.4, -0.2) is 11.2 Å². The van der Waals surface area contributed by atoms with E-state index < -0.39 is 0 Å². The maximum atomic E-state index is 12.0. The van der Waals surface area contributed by atoms with Crippen LogP contribution in [-0.2, 0) is 4.79 Å². The van der Waals surface area contributed by atoms with E-state index in [9.17, 15) is 4.79 Å². The Bertz CT molecular complexity index is 311. The van der Waals surface area contributed by atoms with Gasteiger partial charge in [0.1, 0.15) is 0 Å². The fourth-order valence-corrected chi connectivity index (χ4v) is 3.31. The molecule has 1 saturated carbocycles. The molecule has 0 amide bonds. The lowest BCUT2D eigenvalue weighted by molar-refractivity contribution is -0.115. The Morgan fingerprint density at radius 2 is 2.00 bits per heavy atom. The monoisotopic (exact) mass is 236 g/mol. The smallest absolute Gasteiger partial charge is 0.158 e. The van der Waals surface area contributed by atoms with Gasteiger partial charge in [-0.15, -0.1) is 0 Å². The lowest BCUT2D eigenvalue weighted by Gasteiger charge is -2.30. The molecular formula is C14H20OS. The van der Waals surface area contributed by atoms with E-state index in [-0.39, 0.29) is 0 Å². The van der Waals surface area contributed by atoms with Gasteiger partial charge in [0.25, 0.3) is 0 Å². The predicted octanol–water partition coefficient (Wildman–Crippen LogP) is 4.01. The summed E-state index contributed by atoms with van der Waals surface area (Å²) in [5, 5.41) is 1.67. The molecule has 1 fully saturated rings. The molecule has 0 bridgehead atoms. The van der Waals surface area contributed by atoms with Crippen molar-refractivity contribution in [2.24, 2.45) is 5.41 Å². The second-order valence-corrected chi connectivity index (χ2v) is 5.55. The highest BCUT2D eigenvalue weighted by molar-refractivity contribution is 7.78. The van der Waals surface area contributed by atoms with Gasteiger partial charge in [0.05, 0.1) is 0 Å². The number of thiocarbonyl (C=S) groups is 1. The molecule has 2 aliphatic rings. The van der Waals surface area contributed by atoms with Crippen molar-refractivity contribution in [3.8, 4) is 0 Å². The Balaban J connectivity index is 2.05. The lowest BCUT2D eigenvalue weighted by atomic mass is 9.74. The standard InChI is InChI=1S/C14H20OS/c15-13(6-4-10-16)12-5-3-9-14(11-12)7-1-2-8-14/h10-11H,1-9H2. The largest absolute Gasteiger partial charge is 0.295 e. The number of hydrogen-bond acceptors (Lipinski definition) is 2. The minimum absolute atomic E-state index is 0.340. The van der Waals surface area contributed by atoms with Gasteiger partial charge < -0.3 is 0 Å². The molecule has 2 rings (SSSR count). The van der Waals surface area contributed by atoms with Crippen LogP contribution < -0.4 is 0 Å². The summed E-state index contributed by atoms with van der Waals surface area (Å²) in [5.74, 6) is 0.340. The van der Waals surface area contributed by atoms with Crippen molar-refractivity contribution in [3.05, 3.63) is 11.6 Å². The molecule has 0 radical (unpaired) electrons. The third-order valence-corrected chi connectivity index (χ3v) is 4.28. The van der Waals surface area contributed by atoms with Gasteiger partial charge in [-0.1, -0.05) is 31.1 Å². The summed E-state index contributed by atoms with van der Waals surface area (Å²) in [6.07, 6.45) is 12.5. The molecule has 16 heavy (non-hydrogen) atoms. The number of ketones is 1. The molecule has 0 heterocycles. The van der Waals surface area contributed by atoms with Gasteiger partial charge in [-0.25, -0.2) is 0 Å². The first-order valence-corrected chi connectivity index (χ1v) is 6.91. The van der Waals surface area contributed by atoms with Crippen LogP contribution in [0.1, 0.15) is 57.8 Å². The zero-order valence-corrected chi connectivity index (χ0v) is 10.7. The molecule has 88 valence electrons. The SMILES string of the molecule is O=C(CCC=S)C1=CC2(CCCC2)CCC1. The van der Waals surface area contributed by atoms with Crippen LogP contribution in [0, 0.1) is 5.41 Å². The topological polar surface area (TPSA) is 17.1 Å². The minimum Gasteiger partial charge on any atom is -0.295 e. The summed E-state index contributed by atoms with van der Waals surface area (Å²) in [6, 6.07) is 0. The Morgan fingerprint density at radius 1 is 1.31 bits per heavy atom. The van der Waals surface area contributed by atoms with Crippen molar-refractivity contribution in [2.45, 2.75) is 57.8 Å². The molecule has 0 aromatic carbocycles. The molecule has 2 aliphatic carbocycles. The van der Waals surface area contributed by atoms with Crippen LogP contribution in [0.3, 0.4) is 0 Å². The Morgan fingerprint density at radius 3 is 2.69 bits per heavy atom. The number of carbonyl (C=O) groups is 1. The van der Waals surface area contributed by atoms with Gasteiger partial charge in [-0.3, -0.25) is 4.79 Å². The zero-order valence-electron chi connectivity index (χ0n) is 9.84. The normalized spacial score (nSPS) is 23.1. The third kappa shape index (κ3) is 2.60. The zero-order chi connectivity index (χ0) is 11.4. The van der Waals surface area contributed by atoms with Gasteiger partial charge >= 0.3 is 0 Å². The molecule has 1 nitrogen and oxygen atoms in total. The lowest BCUT2D eigenvalue weighted by Crippen LogP contribution is -2.20. The Kier molecular flexibility index (Phi) is 3.91. The molecule has 0 saturated heterocycles. The quantitative estimate of drug-likeness (QED) is 0.686. The van der Waals surface area contributed by atoms with E-state index in [4.69, 9.17) is 12.2 Å². The van der Waals surface area contributed by atoms with Gasteiger partial charge in [-0.05, 0) is 54.9 Å². The van der Waals surface area contributed by atoms with E-state index >= 15 is 0 Å². The van der Waals surface area contributed by atoms with Gasteiger partial charge in [0.2, 0.25) is 0 Å². The van der Waals surface area contributed by atoms with Crippen LogP contribution in [0.15, 0.2) is 11.6 Å². The average Bonchev–Trinajstić information content (AvgIpc) is 2.74. The highest BCUT2D eigenvalue weighted by atomic mass is 32.1. The molecule has 0 aromatic rings. The molecule has 2 heteroatoms. The number of Topliss-reactive ketones (excluding diaryl/α,β-unsaturated/α-hetero) is 1. The highest BCUT2D eigenvalue weighted by Gasteiger charge is 2.34. The average molecular weight is 236 g/mol. The van der Waals surface area contributed by atoms with E-state index in [2.05, 4.69) is 6.08 Å². The fraction of sp³-hybridized carbons (Fsp3) is 0.714. The van der Waals surface area contributed by atoms with Crippen molar-refractivity contribution in [2.75, 3.05) is 0 Å². The van der Waals surface area contributed by atoms with E-state index in [1.165, 1.54) is 38.5 Å². The maximum absolute atomic E-state index is 12.0. The van der Waals surface area contributed by atoms with E-state index in [1.807, 2.05) is 0 Å². The molecule has 0 aromatic heterocycles. The first-order valence-electron chi connectivity index (χ1n) is 6.44. The fourth-order valence-electron chi connectivity index (χ4n) is 3.19. The third-order valence-electron chi connectivity index (χ3n) is 4.05. The van der Waals surface area contributed by atoms with Crippen molar-refractivity contribution >= 4 is 23.4 Å². The number of carbonyl (C=O) groups excluding carboxylic acids is 1. The highest BCUT2D eigenvalue weighted by Crippen LogP contribution is 2.47. The summed E-state index contributed by atoms with van der Waals surface area (Å²) in [7, 11) is 0. The molecule has 1 spiro atoms. The van der Waals surface area contributed by atoms with Crippen molar-refractivity contribution in [3.63, 3.8) is 0 Å². The molecule has 0 atom stereocenters. The number of allylic oxidation sites excluding steroid dienone is 2. The van der Waals surface area contributed by atoms with Gasteiger partial charge in [0, 0.05) is 6.42 Å². The molecule has 0 N–H and O–H groups in total. The Labute approximate surface area is 103 Å². The summed E-state index contributed by atoms with van der Waals surface area (Å²) >= 11 is 4.78. The van der Waals surface area contributed by atoms with Crippen molar-refractivity contribution in [1.82, 2.24) is 0 Å². The number of hydrogen-bond donors (Lipinski definition) is 0. The van der Waals surface area contributed by atoms with E-state index in [0.717, 1.165) is 18.4 Å². The first kappa shape index (κ1) is 12.0. The molecule has 0 aliphatic heterocycles. The summed E-state index contributed by atoms with van der Waals surface area (Å²) in [5.41, 5.74) is 1.51. The van der Waals surface area contributed by atoms with Crippen molar-refractivity contribution < 1.29 is 4.79 Å². The van der Waals surface area contributed by atoms with Gasteiger partial charge in [0.15, 0.2) is 5.78 Å². The van der Waals surface area contributed by atoms with Crippen LogP contribution in [0.5, 0.6) is 0 Å². The summed E-state index contributed by atoms with van der Waals surface area (Å²) in [6.45, 7) is 0. The van der Waals surface area contributed by atoms with Crippen LogP contribution in [0.25, 0.3) is 0 Å². The van der Waals surface area contributed by atoms with Crippen LogP contribution in [0.2, 0.25) is 0 Å². The molecule has 0 unspecified atom stereocenters. The summed E-state index contributed by atoms with van der Waals surface area (Å²) in [4.78, 5) is 12.0. The minimum atomic E-state index is 0.340. The number of rotatable bonds is 4. The Hall–Kier alpha value is -0.500. The summed E-state index contributed by atoms with van der Waals surface area (Å²) < 4.78 is 0. The first-order chi connectivity index (χ1) is 7.76. The molecular weight excluding hydrogens is 216 g/mol. The second kappa shape index (κ2) is 5.22. The van der Waals surface area contributed by atoms with E-state index in [0.29, 0.717) is 17.6 Å². The van der Waals surface area contributed by atoms with Crippen LogP contribution >= 0.6 is 12.2 Å². The predicted molar refractivity (Wildman–Crippen MR) is 70.7 cm³/mol. The van der Waals surface area contributed by atoms with E-state index in [1.54, 1.807) is 5.37 Å². The van der Waals surface area contributed by atoms with Crippen LogP contribution in [0.4, 0.5) is 0 Å². The second-order valence-electron chi connectivity index (χ2n) is 5.22. The maximum Gasteiger partial charge on any atom is 0.158 e.